The fourth-order valence-electron chi connectivity index (χ4n) is 4.17. The zero-order chi connectivity index (χ0) is 12.8. The third kappa shape index (κ3) is 3.48. The molecular formula is C16H32N2. The van der Waals surface area contributed by atoms with E-state index in [0.717, 1.165) is 18.5 Å². The molecule has 0 radical (unpaired) electrons. The van der Waals surface area contributed by atoms with Crippen LogP contribution in [0.15, 0.2) is 0 Å². The van der Waals surface area contributed by atoms with Gasteiger partial charge in [-0.15, -0.1) is 0 Å². The molecule has 1 aliphatic heterocycles. The monoisotopic (exact) mass is 252 g/mol. The maximum atomic E-state index is 6.06. The Morgan fingerprint density at radius 2 is 1.94 bits per heavy atom. The van der Waals surface area contributed by atoms with Crippen molar-refractivity contribution in [1.29, 1.82) is 0 Å². The summed E-state index contributed by atoms with van der Waals surface area (Å²) in [6.07, 6.45) is 14.1. The minimum absolute atomic E-state index is 0.674. The van der Waals surface area contributed by atoms with Gasteiger partial charge in [0.05, 0.1) is 0 Å². The predicted octanol–water partition coefficient (Wildman–Crippen LogP) is 3.55. The summed E-state index contributed by atoms with van der Waals surface area (Å²) in [4.78, 5) is 2.80. The normalized spacial score (nSPS) is 30.3. The van der Waals surface area contributed by atoms with Gasteiger partial charge in [-0.1, -0.05) is 39.0 Å². The molecule has 0 aromatic heterocycles. The molecule has 1 saturated heterocycles. The molecule has 1 saturated carbocycles. The van der Waals surface area contributed by atoms with Crippen LogP contribution in [0.25, 0.3) is 0 Å². The summed E-state index contributed by atoms with van der Waals surface area (Å²) < 4.78 is 0. The lowest BCUT2D eigenvalue weighted by atomic mass is 9.89. The number of nitrogens with zero attached hydrogens (tertiary/aromatic N) is 1. The van der Waals surface area contributed by atoms with Crippen LogP contribution in [0.5, 0.6) is 0 Å². The number of piperidine rings is 1. The first-order valence-electron chi connectivity index (χ1n) is 8.32. The fourth-order valence-corrected chi connectivity index (χ4v) is 4.17. The Balaban J connectivity index is 1.82. The molecule has 18 heavy (non-hydrogen) atoms. The van der Waals surface area contributed by atoms with Crippen molar-refractivity contribution in [1.82, 2.24) is 4.90 Å². The standard InChI is InChI=1S/C16H32N2/c1-2-3-4-5-10-15(13-17)18-12-7-9-14-8-6-11-16(14)18/h14-16H,2-13,17H2,1H3. The Morgan fingerprint density at radius 1 is 1.11 bits per heavy atom. The highest BCUT2D eigenvalue weighted by molar-refractivity contribution is 4.92. The van der Waals surface area contributed by atoms with Crippen LogP contribution in [-0.2, 0) is 0 Å². The fraction of sp³-hybridized carbons (Fsp3) is 1.00. The van der Waals surface area contributed by atoms with Gasteiger partial charge in [-0.25, -0.2) is 0 Å². The van der Waals surface area contributed by atoms with Gasteiger partial charge in [0, 0.05) is 18.6 Å². The average Bonchev–Trinajstić information content (AvgIpc) is 2.87. The molecular weight excluding hydrogens is 220 g/mol. The minimum Gasteiger partial charge on any atom is -0.329 e. The maximum absolute atomic E-state index is 6.06. The van der Waals surface area contributed by atoms with Crippen molar-refractivity contribution in [3.05, 3.63) is 0 Å². The van der Waals surface area contributed by atoms with Gasteiger partial charge in [-0.3, -0.25) is 4.90 Å². The van der Waals surface area contributed by atoms with E-state index < -0.39 is 0 Å². The number of hydrogen-bond acceptors (Lipinski definition) is 2. The van der Waals surface area contributed by atoms with Gasteiger partial charge >= 0.3 is 0 Å². The van der Waals surface area contributed by atoms with Crippen molar-refractivity contribution in [2.45, 2.75) is 83.2 Å². The molecule has 2 heteroatoms. The van der Waals surface area contributed by atoms with Crippen LogP contribution < -0.4 is 5.73 Å². The summed E-state index contributed by atoms with van der Waals surface area (Å²) in [5.41, 5.74) is 6.06. The van der Waals surface area contributed by atoms with E-state index in [1.807, 2.05) is 0 Å². The van der Waals surface area contributed by atoms with Crippen molar-refractivity contribution in [3.63, 3.8) is 0 Å². The molecule has 106 valence electrons. The van der Waals surface area contributed by atoms with Crippen LogP contribution in [0.4, 0.5) is 0 Å². The van der Waals surface area contributed by atoms with E-state index >= 15 is 0 Å². The SMILES string of the molecule is CCCCCCC(CN)N1CCCC2CCCC21. The summed E-state index contributed by atoms with van der Waals surface area (Å²) in [5, 5.41) is 0. The van der Waals surface area contributed by atoms with E-state index in [-0.39, 0.29) is 0 Å². The number of hydrogen-bond donors (Lipinski definition) is 1. The lowest BCUT2D eigenvalue weighted by molar-refractivity contribution is 0.0654. The molecule has 0 aromatic rings. The van der Waals surface area contributed by atoms with Crippen LogP contribution in [0.1, 0.15) is 71.1 Å². The van der Waals surface area contributed by atoms with E-state index in [2.05, 4.69) is 11.8 Å². The third-order valence-electron chi connectivity index (χ3n) is 5.17. The Hall–Kier alpha value is -0.0800. The third-order valence-corrected chi connectivity index (χ3v) is 5.17. The smallest absolute Gasteiger partial charge is 0.0221 e. The van der Waals surface area contributed by atoms with E-state index in [0.29, 0.717) is 6.04 Å². The summed E-state index contributed by atoms with van der Waals surface area (Å²) in [6.45, 7) is 4.47. The first-order valence-corrected chi connectivity index (χ1v) is 8.32. The van der Waals surface area contributed by atoms with Gasteiger partial charge in [0.2, 0.25) is 0 Å². The Bertz CT molecular complexity index is 229. The maximum Gasteiger partial charge on any atom is 0.0221 e. The zero-order valence-electron chi connectivity index (χ0n) is 12.2. The zero-order valence-corrected chi connectivity index (χ0v) is 12.2. The van der Waals surface area contributed by atoms with Crippen LogP contribution in [0.2, 0.25) is 0 Å². The quantitative estimate of drug-likeness (QED) is 0.702. The topological polar surface area (TPSA) is 29.3 Å². The Kier molecular flexibility index (Phi) is 5.97. The van der Waals surface area contributed by atoms with E-state index in [4.69, 9.17) is 5.73 Å². The highest BCUT2D eigenvalue weighted by Gasteiger charge is 2.37. The highest BCUT2D eigenvalue weighted by atomic mass is 15.2. The van der Waals surface area contributed by atoms with E-state index in [1.54, 1.807) is 0 Å². The van der Waals surface area contributed by atoms with Gasteiger partial charge < -0.3 is 5.73 Å². The number of nitrogens with two attached hydrogens (primary N) is 1. The lowest BCUT2D eigenvalue weighted by Gasteiger charge is -2.42. The number of fused-ring (bicyclic) bond motifs is 1. The molecule has 0 aromatic carbocycles. The molecule has 0 spiro atoms. The predicted molar refractivity (Wildman–Crippen MR) is 78.7 cm³/mol. The van der Waals surface area contributed by atoms with E-state index in [9.17, 15) is 0 Å². The molecule has 0 bridgehead atoms. The molecule has 0 amide bonds. The number of unbranched alkanes of at least 4 members (excludes halogenated alkanes) is 3. The second kappa shape index (κ2) is 7.49. The number of likely N-dealkylation sites (tertiary alicyclic amines) is 1. The van der Waals surface area contributed by atoms with Gasteiger partial charge in [-0.2, -0.15) is 0 Å². The van der Waals surface area contributed by atoms with Crippen LogP contribution in [0.3, 0.4) is 0 Å². The number of rotatable bonds is 7. The van der Waals surface area contributed by atoms with E-state index in [1.165, 1.54) is 70.8 Å². The van der Waals surface area contributed by atoms with Crippen molar-refractivity contribution in [2.75, 3.05) is 13.1 Å². The molecule has 2 N–H and O–H groups in total. The van der Waals surface area contributed by atoms with Crippen molar-refractivity contribution >= 4 is 0 Å². The molecule has 2 rings (SSSR count). The average molecular weight is 252 g/mol. The molecule has 2 aliphatic rings. The molecule has 1 heterocycles. The molecule has 2 fully saturated rings. The van der Waals surface area contributed by atoms with Gasteiger partial charge in [0.1, 0.15) is 0 Å². The summed E-state index contributed by atoms with van der Waals surface area (Å²) in [7, 11) is 0. The van der Waals surface area contributed by atoms with Crippen molar-refractivity contribution in [2.24, 2.45) is 11.7 Å². The van der Waals surface area contributed by atoms with Crippen molar-refractivity contribution in [3.8, 4) is 0 Å². The van der Waals surface area contributed by atoms with Crippen LogP contribution in [-0.4, -0.2) is 30.1 Å². The second-order valence-electron chi connectivity index (χ2n) is 6.38. The molecule has 1 aliphatic carbocycles. The molecule has 3 atom stereocenters. The van der Waals surface area contributed by atoms with Crippen LogP contribution in [0, 0.1) is 5.92 Å². The summed E-state index contributed by atoms with van der Waals surface area (Å²) in [5.74, 6) is 1.00. The highest BCUT2D eigenvalue weighted by Crippen LogP contribution is 2.38. The van der Waals surface area contributed by atoms with Crippen molar-refractivity contribution < 1.29 is 0 Å². The summed E-state index contributed by atoms with van der Waals surface area (Å²) >= 11 is 0. The Morgan fingerprint density at radius 3 is 2.72 bits per heavy atom. The second-order valence-corrected chi connectivity index (χ2v) is 6.38. The first-order chi connectivity index (χ1) is 8.86. The van der Waals surface area contributed by atoms with Gasteiger partial charge in [0.25, 0.3) is 0 Å². The first kappa shape index (κ1) is 14.3. The van der Waals surface area contributed by atoms with Crippen LogP contribution >= 0.6 is 0 Å². The molecule has 2 nitrogen and oxygen atoms in total. The molecule has 3 unspecified atom stereocenters. The minimum atomic E-state index is 0.674. The largest absolute Gasteiger partial charge is 0.329 e. The Labute approximate surface area is 113 Å². The lowest BCUT2D eigenvalue weighted by Crippen LogP contribution is -2.51. The van der Waals surface area contributed by atoms with Gasteiger partial charge in [0.15, 0.2) is 0 Å². The van der Waals surface area contributed by atoms with Gasteiger partial charge in [-0.05, 0) is 44.6 Å². The summed E-state index contributed by atoms with van der Waals surface area (Å²) in [6, 6.07) is 1.56.